The van der Waals surface area contributed by atoms with Gasteiger partial charge in [-0.05, 0) is 6.42 Å². The molecule has 0 N–H and O–H groups in total. The maximum absolute atomic E-state index is 2.39. The number of aryl methyl sites for hydroxylation is 2. The summed E-state index contributed by atoms with van der Waals surface area (Å²) in [5.41, 5.74) is 0. The molecule has 1 aromatic heterocycles. The summed E-state index contributed by atoms with van der Waals surface area (Å²) in [6.45, 7) is 3.36. The fourth-order valence-corrected chi connectivity index (χ4v) is 0.975. The van der Waals surface area contributed by atoms with Crippen LogP contribution < -0.4 is 17.8 Å². The predicted molar refractivity (Wildman–Crippen MR) is 68.6 cm³/mol. The van der Waals surface area contributed by atoms with Gasteiger partial charge in [-0.3, -0.25) is 0 Å². The topological polar surface area (TPSA) is 8.81 Å². The van der Waals surface area contributed by atoms with Crippen molar-refractivity contribution in [3.8, 4) is 0 Å². The van der Waals surface area contributed by atoms with Crippen molar-refractivity contribution in [2.45, 2.75) is 26.3 Å². The fourth-order valence-electron chi connectivity index (χ4n) is 0.975. The molecule has 0 radical (unpaired) electrons. The zero-order valence-electron chi connectivity index (χ0n) is 7.88. The van der Waals surface area contributed by atoms with Gasteiger partial charge in [0.15, 0.2) is 0 Å². The van der Waals surface area contributed by atoms with Gasteiger partial charge < -0.3 is 0 Å². The molecule has 13 heavy (non-hydrogen) atoms. The van der Waals surface area contributed by atoms with Gasteiger partial charge in [-0.25, -0.2) is 9.13 Å². The van der Waals surface area contributed by atoms with E-state index in [1.165, 1.54) is 12.8 Å². The number of nitrogens with zero attached hydrogens (tertiary/aromatic N) is 2. The second kappa shape index (κ2) is 9.94. The van der Waals surface area contributed by atoms with Crippen LogP contribution in [0.5, 0.6) is 0 Å². The maximum atomic E-state index is 2.39. The third kappa shape index (κ3) is 8.40. The van der Waals surface area contributed by atoms with Crippen LogP contribution in [0.4, 0.5) is 0 Å². The number of rotatable bonds is 3. The molecule has 0 saturated carbocycles. The first-order valence-corrected chi connectivity index (χ1v) is 16.7. The van der Waals surface area contributed by atoms with Crippen molar-refractivity contribution < 1.29 is 17.8 Å². The number of hydrogen-bond acceptors (Lipinski definition) is 0. The molecule has 0 saturated heterocycles. The first kappa shape index (κ1) is 14.4. The van der Waals surface area contributed by atoms with Crippen LogP contribution in [-0.4, -0.2) is 4.57 Å². The second-order valence-electron chi connectivity index (χ2n) is 2.72. The van der Waals surface area contributed by atoms with E-state index in [9.17, 15) is 0 Å². The van der Waals surface area contributed by atoms with Crippen molar-refractivity contribution in [2.75, 3.05) is 0 Å². The zero-order chi connectivity index (χ0) is 10.1. The SMILES string of the molecule is CCCCn1cc[n+](C)c1.I[I-]I. The van der Waals surface area contributed by atoms with Gasteiger partial charge in [0, 0.05) is 0 Å². The second-order valence-corrected chi connectivity index (χ2v) is 19.0. The Hall–Kier alpha value is 1.40. The van der Waals surface area contributed by atoms with Gasteiger partial charge in [0.2, 0.25) is 6.33 Å². The Morgan fingerprint density at radius 1 is 1.46 bits per heavy atom. The summed E-state index contributed by atoms with van der Waals surface area (Å²) >= 11 is 5.30. The zero-order valence-corrected chi connectivity index (χ0v) is 14.4. The summed E-state index contributed by atoms with van der Waals surface area (Å²) in [5.74, 6) is 0. The van der Waals surface area contributed by atoms with Gasteiger partial charge in [-0.15, -0.1) is 0 Å². The van der Waals surface area contributed by atoms with Gasteiger partial charge in [-0.2, -0.15) is 0 Å². The molecule has 1 heterocycles. The number of imidazole rings is 1. The molecule has 0 aliphatic heterocycles. The van der Waals surface area contributed by atoms with Crippen LogP contribution in [0.15, 0.2) is 18.7 Å². The van der Waals surface area contributed by atoms with Crippen molar-refractivity contribution in [3.05, 3.63) is 18.7 Å². The quantitative estimate of drug-likeness (QED) is 0.389. The first-order chi connectivity index (χ1) is 6.24. The van der Waals surface area contributed by atoms with E-state index in [1.807, 2.05) is 7.05 Å². The van der Waals surface area contributed by atoms with E-state index in [0.29, 0.717) is 13.3 Å². The standard InChI is InChI=1S/C8H15N2.I3/c1-3-4-5-10-7-6-9(2)8-10;1-3-2/h6-8H,3-5H2,1-2H3;/q+1;-1. The van der Waals surface area contributed by atoms with E-state index in [2.05, 4.69) is 72.0 Å². The monoisotopic (exact) mass is 520 g/mol. The number of hydrogen-bond donors (Lipinski definition) is 0. The van der Waals surface area contributed by atoms with Gasteiger partial charge >= 0.3 is 50.5 Å². The van der Waals surface area contributed by atoms with Crippen molar-refractivity contribution in [2.24, 2.45) is 7.05 Å². The predicted octanol–water partition coefficient (Wildman–Crippen LogP) is -0.112. The summed E-state index contributed by atoms with van der Waals surface area (Å²) in [6.07, 6.45) is 8.82. The Balaban J connectivity index is 0.000000424. The Morgan fingerprint density at radius 2 is 2.08 bits per heavy atom. The normalized spacial score (nSPS) is 9.54. The molecule has 0 fully saturated rings. The van der Waals surface area contributed by atoms with Crippen molar-refractivity contribution in [1.82, 2.24) is 4.57 Å². The Morgan fingerprint density at radius 3 is 2.46 bits per heavy atom. The van der Waals surface area contributed by atoms with E-state index in [0.717, 1.165) is 6.54 Å². The molecule has 2 nitrogen and oxygen atoms in total. The van der Waals surface area contributed by atoms with Gasteiger partial charge in [-0.1, -0.05) is 13.3 Å². The molecule has 5 heteroatoms. The molecule has 0 unspecified atom stereocenters. The summed E-state index contributed by atoms with van der Waals surface area (Å²) < 4.78 is 4.28. The summed E-state index contributed by atoms with van der Waals surface area (Å²) in [7, 11) is 2.04. The molecule has 0 spiro atoms. The molecule has 1 rings (SSSR count). The molecule has 0 atom stereocenters. The average molecular weight is 520 g/mol. The summed E-state index contributed by atoms with van der Waals surface area (Å²) in [4.78, 5) is 0. The Bertz CT molecular complexity index is 213. The van der Waals surface area contributed by atoms with E-state index in [4.69, 9.17) is 0 Å². The third-order valence-corrected chi connectivity index (χ3v) is 1.59. The molecular formula is C8H15I3N2. The molecule has 78 valence electrons. The molecular weight excluding hydrogens is 505 g/mol. The van der Waals surface area contributed by atoms with E-state index in [-0.39, 0.29) is 0 Å². The Kier molecular flexibility index (Phi) is 11.0. The van der Waals surface area contributed by atoms with Crippen LogP contribution >= 0.6 is 37.2 Å². The fraction of sp³-hybridized carbons (Fsp3) is 0.625. The van der Waals surface area contributed by atoms with Crippen LogP contribution in [0.3, 0.4) is 0 Å². The Labute approximate surface area is 110 Å². The number of halogens is 3. The molecule has 0 aliphatic carbocycles. The van der Waals surface area contributed by atoms with Gasteiger partial charge in [0.05, 0.1) is 13.6 Å². The van der Waals surface area contributed by atoms with Gasteiger partial charge in [0.1, 0.15) is 12.4 Å². The minimum absolute atomic E-state index is 0.530. The van der Waals surface area contributed by atoms with Crippen molar-refractivity contribution in [3.63, 3.8) is 0 Å². The van der Waals surface area contributed by atoms with E-state index in [1.54, 1.807) is 0 Å². The first-order valence-electron chi connectivity index (χ1n) is 4.12. The van der Waals surface area contributed by atoms with Gasteiger partial charge in [0.25, 0.3) is 0 Å². The number of aromatic nitrogens is 2. The van der Waals surface area contributed by atoms with Crippen LogP contribution in [0.1, 0.15) is 19.8 Å². The van der Waals surface area contributed by atoms with Crippen LogP contribution in [0.25, 0.3) is 0 Å². The van der Waals surface area contributed by atoms with Crippen LogP contribution in [-0.2, 0) is 13.6 Å². The molecule has 1 aromatic rings. The van der Waals surface area contributed by atoms with Crippen LogP contribution in [0, 0.1) is 0 Å². The molecule has 0 aromatic carbocycles. The molecule has 0 bridgehead atoms. The van der Waals surface area contributed by atoms with E-state index < -0.39 is 0 Å². The third-order valence-electron chi connectivity index (χ3n) is 1.59. The summed E-state index contributed by atoms with van der Waals surface area (Å²) in [5, 5.41) is 0. The average Bonchev–Trinajstić information content (AvgIpc) is 2.49. The number of unbranched alkanes of at least 4 members (excludes halogenated alkanes) is 1. The van der Waals surface area contributed by atoms with E-state index >= 15 is 0 Å². The minimum atomic E-state index is 0.530. The molecule has 0 aliphatic rings. The summed E-state index contributed by atoms with van der Waals surface area (Å²) in [6, 6.07) is 0. The van der Waals surface area contributed by atoms with Crippen LogP contribution in [0.2, 0.25) is 0 Å². The van der Waals surface area contributed by atoms with Crippen molar-refractivity contribution >= 4 is 37.2 Å². The van der Waals surface area contributed by atoms with Crippen molar-refractivity contribution in [1.29, 1.82) is 0 Å². The molecule has 0 amide bonds.